The van der Waals surface area contributed by atoms with Crippen LogP contribution in [0.3, 0.4) is 0 Å². The number of primary amides is 2. The minimum Gasteiger partial charge on any atom is -0.491 e. The maximum Gasteiger partial charge on any atom is 0.356 e. The van der Waals surface area contributed by atoms with Crippen molar-refractivity contribution in [1.29, 1.82) is 0 Å². The van der Waals surface area contributed by atoms with Gasteiger partial charge in [0.25, 0.3) is 5.91 Å². The van der Waals surface area contributed by atoms with E-state index in [1.54, 1.807) is 65.4 Å². The fourth-order valence-corrected chi connectivity index (χ4v) is 8.43. The zero-order valence-corrected chi connectivity index (χ0v) is 40.7. The van der Waals surface area contributed by atoms with Gasteiger partial charge < -0.3 is 39.5 Å². The smallest absolute Gasteiger partial charge is 0.356 e. The average Bonchev–Trinajstić information content (AvgIpc) is 4.18. The average molecular weight is 969 g/mol. The monoisotopic (exact) mass is 968 g/mol. The molecule has 6 aromatic heterocycles. The van der Waals surface area contributed by atoms with Gasteiger partial charge in [0.15, 0.2) is 5.82 Å². The number of nitrogens with one attached hydrogen (secondary N) is 1. The van der Waals surface area contributed by atoms with Crippen molar-refractivity contribution in [2.75, 3.05) is 38.9 Å². The molecule has 71 heavy (non-hydrogen) atoms. The molecule has 8 aromatic rings. The van der Waals surface area contributed by atoms with Gasteiger partial charge in [-0.3, -0.25) is 33.7 Å². The van der Waals surface area contributed by atoms with Crippen molar-refractivity contribution in [2.45, 2.75) is 80.7 Å². The number of carbonyl (C=O) groups is 4. The van der Waals surface area contributed by atoms with Crippen LogP contribution in [0.5, 0.6) is 11.5 Å². The van der Waals surface area contributed by atoms with Crippen LogP contribution in [-0.2, 0) is 42.2 Å². The Morgan fingerprint density at radius 3 is 1.94 bits per heavy atom. The van der Waals surface area contributed by atoms with Gasteiger partial charge in [0.2, 0.25) is 17.8 Å². The summed E-state index contributed by atoms with van der Waals surface area (Å²) in [5.41, 5.74) is 17.5. The molecule has 2 aromatic carbocycles. The van der Waals surface area contributed by atoms with Crippen LogP contribution in [0.2, 0.25) is 0 Å². The Morgan fingerprint density at radius 2 is 1.27 bits per heavy atom. The number of amides is 3. The lowest BCUT2D eigenvalue weighted by Gasteiger charge is -2.13. The normalized spacial score (nSPS) is 11.6. The number of imidazole rings is 1. The highest BCUT2D eigenvalue weighted by Crippen LogP contribution is 2.37. The van der Waals surface area contributed by atoms with E-state index in [2.05, 4.69) is 20.6 Å². The highest BCUT2D eigenvalue weighted by atomic mass is 16.6. The van der Waals surface area contributed by atoms with E-state index in [9.17, 15) is 19.2 Å². The van der Waals surface area contributed by atoms with Crippen LogP contribution in [0.1, 0.15) is 86.0 Å². The third kappa shape index (κ3) is 10.2. The maximum absolute atomic E-state index is 14.0. The molecule has 22 nitrogen and oxygen atoms in total. The second-order valence-electron chi connectivity index (χ2n) is 16.6. The molecule has 3 amide bonds. The highest BCUT2D eigenvalue weighted by molar-refractivity contribution is 6.12. The van der Waals surface area contributed by atoms with E-state index in [1.807, 2.05) is 55.2 Å². The largest absolute Gasteiger partial charge is 0.491 e. The van der Waals surface area contributed by atoms with Crippen molar-refractivity contribution in [3.8, 4) is 23.0 Å². The van der Waals surface area contributed by atoms with Gasteiger partial charge in [-0.05, 0) is 84.0 Å². The van der Waals surface area contributed by atoms with Gasteiger partial charge >= 0.3 is 5.97 Å². The first-order valence-electron chi connectivity index (χ1n) is 23.2. The summed E-state index contributed by atoms with van der Waals surface area (Å²) >= 11 is 0. The first kappa shape index (κ1) is 49.0. The van der Waals surface area contributed by atoms with E-state index in [0.717, 1.165) is 11.4 Å². The fraction of sp³-hybridized carbons (Fsp3) is 0.347. The van der Waals surface area contributed by atoms with Gasteiger partial charge in [0, 0.05) is 81.0 Å². The number of hydrogen-bond donors (Lipinski definition) is 3. The number of carbonyl (C=O) groups excluding carboxylic acids is 4. The summed E-state index contributed by atoms with van der Waals surface area (Å²) < 4.78 is 32.1. The summed E-state index contributed by atoms with van der Waals surface area (Å²) in [6.45, 7) is 13.6. The van der Waals surface area contributed by atoms with Crippen molar-refractivity contribution in [3.05, 3.63) is 100 Å². The third-order valence-electron chi connectivity index (χ3n) is 11.6. The van der Waals surface area contributed by atoms with E-state index in [1.165, 1.54) is 12.1 Å². The predicted octanol–water partition coefficient (Wildman–Crippen LogP) is 5.53. The summed E-state index contributed by atoms with van der Waals surface area (Å²) in [6.07, 6.45) is 6.12. The number of esters is 1. The number of benzene rings is 2. The molecule has 0 saturated heterocycles. The molecule has 0 spiro atoms. The first-order chi connectivity index (χ1) is 34.2. The van der Waals surface area contributed by atoms with E-state index in [4.69, 9.17) is 45.4 Å². The number of anilines is 1. The number of rotatable bonds is 22. The fourth-order valence-electron chi connectivity index (χ4n) is 8.43. The van der Waals surface area contributed by atoms with Gasteiger partial charge in [-0.25, -0.2) is 19.7 Å². The molecule has 0 unspecified atom stereocenters. The molecule has 0 aliphatic carbocycles. The Labute approximate surface area is 407 Å². The molecule has 8 rings (SSSR count). The molecule has 0 aliphatic heterocycles. The maximum atomic E-state index is 14.0. The zero-order chi connectivity index (χ0) is 50.5. The third-order valence-corrected chi connectivity index (χ3v) is 11.6. The molecule has 22 heteroatoms. The minimum atomic E-state index is -0.730. The Bertz CT molecular complexity index is 3360. The molecule has 5 N–H and O–H groups in total. The van der Waals surface area contributed by atoms with Crippen molar-refractivity contribution in [1.82, 2.24) is 53.4 Å². The number of fused-ring (bicyclic) bond motifs is 4. The number of aromatic nitrogens is 11. The molecule has 0 bridgehead atoms. The van der Waals surface area contributed by atoms with Gasteiger partial charge in [0.05, 0.1) is 34.7 Å². The van der Waals surface area contributed by atoms with Crippen LogP contribution in [0.15, 0.2) is 60.8 Å². The standard InChI is InChI=1S/C49H56N14O8/c1-8-61-36(20-28(4)56-61)45-52-27-34-33-23-31(43(50)64)25-39(69-17-13-16-68-7)41(33)59(46(34)54-45)14-11-12-15-60-42-35(53-49(60)55-47(66)37-21-29(5)57-62(37)9-2)24-32(44(51)65)26-40(42)70-18-19-71-48(67)38-22-30(6)58-63(38)10-3/h11-12,20-27H,8-10,13-19H2,1-7H3,(H2,50,64)(H2,51,65)(H,53,55,66). The van der Waals surface area contributed by atoms with Crippen molar-refractivity contribution >= 4 is 62.6 Å². The number of nitrogens with zero attached hydrogens (tertiary/aromatic N) is 11. The van der Waals surface area contributed by atoms with Crippen LogP contribution in [0, 0.1) is 20.8 Å². The summed E-state index contributed by atoms with van der Waals surface area (Å²) in [6, 6.07) is 11.6. The predicted molar refractivity (Wildman–Crippen MR) is 264 cm³/mol. The van der Waals surface area contributed by atoms with Crippen LogP contribution in [0.25, 0.3) is 44.5 Å². The number of methoxy groups -OCH3 is 1. The van der Waals surface area contributed by atoms with Crippen LogP contribution < -0.4 is 26.3 Å². The first-order valence-corrected chi connectivity index (χ1v) is 23.2. The van der Waals surface area contributed by atoms with E-state index >= 15 is 0 Å². The van der Waals surface area contributed by atoms with Crippen molar-refractivity contribution in [2.24, 2.45) is 11.5 Å². The SMILES string of the molecule is CCn1nc(C)cc1C(=O)Nc1nc2cc(C(N)=O)cc(OCCOC(=O)c3cc(C)nn3CC)c2n1CC=CCn1c2nc(-c3cc(C)nn3CC)ncc2c2cc(C(N)=O)cc(OCCCOC)c21. The molecule has 6 heterocycles. The molecular weight excluding hydrogens is 913 g/mol. The minimum absolute atomic E-state index is 0.106. The second kappa shape index (κ2) is 21.1. The Hall–Kier alpha value is -8.40. The highest BCUT2D eigenvalue weighted by Gasteiger charge is 2.24. The van der Waals surface area contributed by atoms with Crippen LogP contribution in [-0.4, -0.2) is 111 Å². The molecule has 0 radical (unpaired) electrons. The van der Waals surface area contributed by atoms with Gasteiger partial charge in [-0.2, -0.15) is 15.3 Å². The quantitative estimate of drug-likeness (QED) is 0.0428. The number of allylic oxidation sites excluding steroid dienone is 2. The summed E-state index contributed by atoms with van der Waals surface area (Å²) in [5, 5.41) is 17.7. The molecule has 370 valence electrons. The molecule has 0 saturated carbocycles. The second-order valence-corrected chi connectivity index (χ2v) is 16.6. The Morgan fingerprint density at radius 1 is 0.662 bits per heavy atom. The topological polar surface area (TPSA) is 271 Å². The molecule has 0 atom stereocenters. The van der Waals surface area contributed by atoms with Crippen LogP contribution in [0.4, 0.5) is 5.95 Å². The van der Waals surface area contributed by atoms with E-state index < -0.39 is 23.7 Å². The number of aryl methyl sites for hydroxylation is 6. The molecule has 0 fully saturated rings. The van der Waals surface area contributed by atoms with Crippen LogP contribution >= 0.6 is 0 Å². The Kier molecular flexibility index (Phi) is 14.6. The number of hydrogen-bond acceptors (Lipinski definition) is 14. The number of nitrogens with two attached hydrogens (primary N) is 2. The summed E-state index contributed by atoms with van der Waals surface area (Å²) in [4.78, 5) is 67.1. The van der Waals surface area contributed by atoms with E-state index in [-0.39, 0.29) is 49.1 Å². The van der Waals surface area contributed by atoms with Crippen molar-refractivity contribution in [3.63, 3.8) is 0 Å². The lowest BCUT2D eigenvalue weighted by molar-refractivity contribution is 0.0437. The van der Waals surface area contributed by atoms with Gasteiger partial charge in [-0.1, -0.05) is 12.2 Å². The number of ether oxygens (including phenoxy) is 4. The molecule has 0 aliphatic rings. The van der Waals surface area contributed by atoms with Gasteiger partial charge in [0.1, 0.15) is 53.0 Å². The van der Waals surface area contributed by atoms with Crippen molar-refractivity contribution < 1.29 is 38.1 Å². The zero-order valence-electron chi connectivity index (χ0n) is 40.7. The lowest BCUT2D eigenvalue weighted by atomic mass is 10.1. The Balaban J connectivity index is 1.20. The van der Waals surface area contributed by atoms with E-state index in [0.29, 0.717) is 107 Å². The summed E-state index contributed by atoms with van der Waals surface area (Å²) in [5.74, 6) is -1.17. The molecular formula is C49H56N14O8. The van der Waals surface area contributed by atoms with Gasteiger partial charge in [-0.15, -0.1) is 0 Å². The summed E-state index contributed by atoms with van der Waals surface area (Å²) in [7, 11) is 1.61. The lowest BCUT2D eigenvalue weighted by Crippen LogP contribution is -2.20.